The lowest BCUT2D eigenvalue weighted by atomic mass is 9.88. The highest BCUT2D eigenvalue weighted by Crippen LogP contribution is 2.22. The fraction of sp³-hybridized carbons (Fsp3) is 1.00. The minimum absolute atomic E-state index is 0. The molecule has 0 spiro atoms. The minimum atomic E-state index is 0. The summed E-state index contributed by atoms with van der Waals surface area (Å²) in [6.07, 6.45) is 14.5. The van der Waals surface area contributed by atoms with Crippen LogP contribution in [0.5, 0.6) is 0 Å². The summed E-state index contributed by atoms with van der Waals surface area (Å²) in [4.78, 5) is 0. The molecule has 0 aliphatic carbocycles. The van der Waals surface area contributed by atoms with Gasteiger partial charge in [0.1, 0.15) is 0 Å². The van der Waals surface area contributed by atoms with Gasteiger partial charge in [0.05, 0.1) is 0 Å². The first-order valence-electron chi connectivity index (χ1n) is 11.9. The van der Waals surface area contributed by atoms with Crippen molar-refractivity contribution in [3.05, 3.63) is 0 Å². The molecule has 0 aromatic heterocycles. The van der Waals surface area contributed by atoms with E-state index in [-0.39, 0.29) is 1.43 Å². The van der Waals surface area contributed by atoms with Gasteiger partial charge in [-0.15, -0.1) is 0 Å². The second-order valence-electron chi connectivity index (χ2n) is 7.79. The molecule has 0 heterocycles. The molecule has 0 aromatic carbocycles. The van der Waals surface area contributed by atoms with Crippen molar-refractivity contribution in [3.8, 4) is 0 Å². The molecular weight excluding hydrogens is 336 g/mol. The molecule has 3 atom stereocenters. The Bertz CT molecular complexity index is 230. The lowest BCUT2D eigenvalue weighted by molar-refractivity contribution is 0.191. The fourth-order valence-electron chi connectivity index (χ4n) is 2.90. The van der Waals surface area contributed by atoms with E-state index in [1.54, 1.807) is 0 Å². The Labute approximate surface area is 173 Å². The molecule has 0 radical (unpaired) electrons. The van der Waals surface area contributed by atoms with Crippen LogP contribution in [-0.4, -0.2) is 35.1 Å². The zero-order chi connectivity index (χ0) is 21.3. The molecule has 0 aromatic rings. The average molecular weight is 393 g/mol. The molecule has 3 nitrogen and oxygen atoms in total. The van der Waals surface area contributed by atoms with Gasteiger partial charge in [0.25, 0.3) is 0 Å². The lowest BCUT2D eigenvalue weighted by Crippen LogP contribution is -2.11. The van der Waals surface area contributed by atoms with Gasteiger partial charge in [-0.3, -0.25) is 0 Å². The third kappa shape index (κ3) is 25.9. The van der Waals surface area contributed by atoms with Crippen LogP contribution in [0.4, 0.5) is 0 Å². The summed E-state index contributed by atoms with van der Waals surface area (Å²) in [7, 11) is 0. The Hall–Kier alpha value is -0.120. The lowest BCUT2D eigenvalue weighted by Gasteiger charge is -2.19. The monoisotopic (exact) mass is 392 g/mol. The smallest absolute Gasteiger partial charge is 0.0459 e. The predicted molar refractivity (Wildman–Crippen MR) is 123 cm³/mol. The number of rotatable bonds is 15. The summed E-state index contributed by atoms with van der Waals surface area (Å²) in [6, 6.07) is 0. The van der Waals surface area contributed by atoms with Crippen LogP contribution in [0.2, 0.25) is 0 Å². The summed E-state index contributed by atoms with van der Waals surface area (Å²) >= 11 is 0. The van der Waals surface area contributed by atoms with E-state index in [0.29, 0.717) is 31.7 Å². The second-order valence-corrected chi connectivity index (χ2v) is 7.79. The summed E-state index contributed by atoms with van der Waals surface area (Å²) in [5.41, 5.74) is 0. The first-order chi connectivity index (χ1) is 13.0. The van der Waals surface area contributed by atoms with Crippen LogP contribution < -0.4 is 0 Å². The first-order valence-corrected chi connectivity index (χ1v) is 11.9. The van der Waals surface area contributed by atoms with Crippen molar-refractivity contribution in [1.29, 1.82) is 0 Å². The van der Waals surface area contributed by atoms with Crippen LogP contribution in [-0.2, 0) is 0 Å². The van der Waals surface area contributed by atoms with Crippen LogP contribution in [0.1, 0.15) is 120 Å². The predicted octanol–water partition coefficient (Wildman–Crippen LogP) is 6.83. The van der Waals surface area contributed by atoms with Gasteiger partial charge in [-0.1, -0.05) is 99.3 Å². The van der Waals surface area contributed by atoms with Crippen LogP contribution in [0.3, 0.4) is 0 Å². The molecule has 0 saturated heterocycles. The Morgan fingerprint density at radius 3 is 1.22 bits per heavy atom. The molecular formula is C24H56O3. The zero-order valence-corrected chi connectivity index (χ0v) is 19.7. The Morgan fingerprint density at radius 1 is 0.556 bits per heavy atom. The number of hydrogen-bond donors (Lipinski definition) is 3. The molecule has 0 bridgehead atoms. The highest BCUT2D eigenvalue weighted by Gasteiger charge is 2.12. The molecule has 0 aliphatic rings. The molecule has 3 N–H and O–H groups in total. The van der Waals surface area contributed by atoms with E-state index < -0.39 is 0 Å². The molecule has 0 amide bonds. The SMILES string of the molecule is CCCCC(CC)CC(CC)CO.CCCCC(CC)CO.CCCCO.[HH]. The van der Waals surface area contributed by atoms with E-state index in [4.69, 9.17) is 15.3 Å². The standard InChI is InChI=1S/C12H26O.C8H18O.C4H10O.H2/c1-4-7-8-11(5-2)9-12(6-3)10-13;1-3-5-6-8(4-2)7-9;1-2-3-4-5;/h11-13H,4-10H2,1-3H3;8-9H,3-7H2,1-2H3;5H,2-4H2,1H3;1H. The summed E-state index contributed by atoms with van der Waals surface area (Å²) in [5, 5.41) is 25.9. The number of aliphatic hydroxyl groups excluding tert-OH is 3. The van der Waals surface area contributed by atoms with Crippen LogP contribution in [0.25, 0.3) is 0 Å². The van der Waals surface area contributed by atoms with Crippen LogP contribution >= 0.6 is 0 Å². The third-order valence-electron chi connectivity index (χ3n) is 5.36. The van der Waals surface area contributed by atoms with Crippen molar-refractivity contribution in [1.82, 2.24) is 0 Å². The summed E-state index contributed by atoms with van der Waals surface area (Å²) < 4.78 is 0. The second kappa shape index (κ2) is 28.1. The van der Waals surface area contributed by atoms with E-state index >= 15 is 0 Å². The molecule has 3 unspecified atom stereocenters. The van der Waals surface area contributed by atoms with Gasteiger partial charge >= 0.3 is 0 Å². The van der Waals surface area contributed by atoms with Crippen molar-refractivity contribution >= 4 is 0 Å². The van der Waals surface area contributed by atoms with Gasteiger partial charge in [-0.2, -0.15) is 0 Å². The van der Waals surface area contributed by atoms with Gasteiger partial charge in [0.15, 0.2) is 0 Å². The largest absolute Gasteiger partial charge is 0.396 e. The molecule has 27 heavy (non-hydrogen) atoms. The van der Waals surface area contributed by atoms with E-state index in [9.17, 15) is 0 Å². The maximum Gasteiger partial charge on any atom is 0.0459 e. The Kier molecular flexibility index (Phi) is 32.8. The maximum absolute atomic E-state index is 9.10. The molecule has 170 valence electrons. The van der Waals surface area contributed by atoms with Crippen molar-refractivity contribution in [2.45, 2.75) is 119 Å². The van der Waals surface area contributed by atoms with Gasteiger partial charge in [-0.05, 0) is 37.0 Å². The topological polar surface area (TPSA) is 60.7 Å². The molecule has 0 fully saturated rings. The fourth-order valence-corrected chi connectivity index (χ4v) is 2.90. The van der Waals surface area contributed by atoms with Crippen molar-refractivity contribution in [3.63, 3.8) is 0 Å². The van der Waals surface area contributed by atoms with E-state index in [1.165, 1.54) is 51.4 Å². The summed E-state index contributed by atoms with van der Waals surface area (Å²) in [5.74, 6) is 1.95. The van der Waals surface area contributed by atoms with Gasteiger partial charge in [0, 0.05) is 21.2 Å². The average Bonchev–Trinajstić information content (AvgIpc) is 2.71. The third-order valence-corrected chi connectivity index (χ3v) is 5.36. The minimum Gasteiger partial charge on any atom is -0.396 e. The highest BCUT2D eigenvalue weighted by atomic mass is 16.3. The quantitative estimate of drug-likeness (QED) is 0.286. The van der Waals surface area contributed by atoms with Crippen molar-refractivity contribution < 1.29 is 16.7 Å². The van der Waals surface area contributed by atoms with Crippen molar-refractivity contribution in [2.75, 3.05) is 19.8 Å². The first kappa shape index (κ1) is 31.6. The van der Waals surface area contributed by atoms with E-state index in [1.807, 2.05) is 0 Å². The number of unbranched alkanes of at least 4 members (excludes halogenated alkanes) is 3. The van der Waals surface area contributed by atoms with E-state index in [2.05, 4.69) is 41.5 Å². The van der Waals surface area contributed by atoms with E-state index in [0.717, 1.165) is 31.6 Å². The Balaban J connectivity index is -0.000000167. The van der Waals surface area contributed by atoms with Crippen LogP contribution in [0, 0.1) is 17.8 Å². The Morgan fingerprint density at radius 2 is 0.963 bits per heavy atom. The molecule has 3 heteroatoms. The van der Waals surface area contributed by atoms with Crippen LogP contribution in [0.15, 0.2) is 0 Å². The molecule has 0 saturated carbocycles. The normalized spacial score (nSPS) is 13.7. The molecule has 0 aliphatic heterocycles. The maximum atomic E-state index is 9.10. The van der Waals surface area contributed by atoms with Gasteiger partial charge < -0.3 is 15.3 Å². The van der Waals surface area contributed by atoms with Gasteiger partial charge in [-0.25, -0.2) is 0 Å². The summed E-state index contributed by atoms with van der Waals surface area (Å²) in [6.45, 7) is 14.1. The van der Waals surface area contributed by atoms with Crippen molar-refractivity contribution in [2.24, 2.45) is 17.8 Å². The molecule has 0 rings (SSSR count). The number of aliphatic hydroxyl groups is 3. The van der Waals surface area contributed by atoms with Gasteiger partial charge in [0.2, 0.25) is 0 Å². The number of hydrogen-bond acceptors (Lipinski definition) is 3. The zero-order valence-electron chi connectivity index (χ0n) is 19.7. The highest BCUT2D eigenvalue weighted by molar-refractivity contribution is 4.64.